The van der Waals surface area contributed by atoms with Crippen molar-refractivity contribution in [2.24, 2.45) is 0 Å². The lowest BCUT2D eigenvalue weighted by molar-refractivity contribution is -0.118. The van der Waals surface area contributed by atoms with Gasteiger partial charge in [-0.05, 0) is 25.7 Å². The van der Waals surface area contributed by atoms with Crippen LogP contribution in [0.1, 0.15) is 25.7 Å². The van der Waals surface area contributed by atoms with Crippen LogP contribution >= 0.6 is 0 Å². The maximum Gasteiger partial charge on any atom is 0.103 e. The van der Waals surface area contributed by atoms with Gasteiger partial charge >= 0.3 is 0 Å². The van der Waals surface area contributed by atoms with Crippen molar-refractivity contribution in [1.29, 1.82) is 0 Å². The number of aliphatic hydroxyl groups is 4. The molecule has 0 bridgehead atoms. The van der Waals surface area contributed by atoms with E-state index in [9.17, 15) is 10.2 Å². The molecule has 0 aromatic rings. The topological polar surface area (TPSA) is 99.4 Å². The molecule has 0 saturated carbocycles. The number of aliphatic hydroxyl groups excluding tert-OH is 4. The van der Waals surface area contributed by atoms with E-state index in [1.54, 1.807) is 0 Å². The minimum absolute atomic E-state index is 0.0907. The quantitative estimate of drug-likeness (QED) is 0.496. The summed E-state index contributed by atoms with van der Waals surface area (Å²) >= 11 is 0. The Kier molecular flexibility index (Phi) is 4.94. The van der Waals surface area contributed by atoms with Crippen LogP contribution in [0.2, 0.25) is 0 Å². The van der Waals surface area contributed by atoms with Crippen LogP contribution in [0.3, 0.4) is 0 Å². The van der Waals surface area contributed by atoms with Crippen molar-refractivity contribution < 1.29 is 29.9 Å². The molecule has 0 radical (unpaired) electrons. The number of hydrogen-bond acceptors (Lipinski definition) is 6. The Bertz CT molecular complexity index is 235. The van der Waals surface area contributed by atoms with Crippen LogP contribution in [-0.2, 0) is 9.47 Å². The molecule has 2 heterocycles. The smallest absolute Gasteiger partial charge is 0.103 e. The molecule has 2 rings (SSSR count). The summed E-state index contributed by atoms with van der Waals surface area (Å²) in [6.07, 6.45) is 0.474. The van der Waals surface area contributed by atoms with E-state index in [4.69, 9.17) is 19.7 Å². The van der Waals surface area contributed by atoms with Crippen molar-refractivity contribution in [3.8, 4) is 0 Å². The van der Waals surface area contributed by atoms with Gasteiger partial charge in [-0.25, -0.2) is 0 Å². The molecule has 2 aliphatic rings. The molecule has 0 spiro atoms. The Hall–Kier alpha value is -0.240. The van der Waals surface area contributed by atoms with E-state index in [0.717, 1.165) is 12.8 Å². The predicted octanol–water partition coefficient (Wildman–Crippen LogP) is -1.21. The summed E-state index contributed by atoms with van der Waals surface area (Å²) < 4.78 is 11.4. The van der Waals surface area contributed by atoms with Crippen molar-refractivity contribution >= 4 is 0 Å². The second-order valence-electron chi connectivity index (χ2n) is 5.08. The summed E-state index contributed by atoms with van der Waals surface area (Å²) in [5.74, 6) is 0. The average molecular weight is 262 g/mol. The highest BCUT2D eigenvalue weighted by molar-refractivity contribution is 4.88. The van der Waals surface area contributed by atoms with E-state index in [-0.39, 0.29) is 37.6 Å². The fourth-order valence-corrected chi connectivity index (χ4v) is 2.73. The highest BCUT2D eigenvalue weighted by Crippen LogP contribution is 2.33. The molecule has 2 aliphatic heterocycles. The van der Waals surface area contributed by atoms with E-state index in [2.05, 4.69) is 0 Å². The molecule has 4 N–H and O–H groups in total. The Morgan fingerprint density at radius 3 is 1.50 bits per heavy atom. The molecule has 18 heavy (non-hydrogen) atoms. The van der Waals surface area contributed by atoms with Gasteiger partial charge in [-0.15, -0.1) is 0 Å². The van der Waals surface area contributed by atoms with Gasteiger partial charge in [0.15, 0.2) is 0 Å². The molecule has 2 saturated heterocycles. The molecule has 2 fully saturated rings. The number of ether oxygens (including phenoxy) is 2. The summed E-state index contributed by atoms with van der Waals surface area (Å²) in [7, 11) is 0. The largest absolute Gasteiger partial charge is 0.394 e. The third-order valence-corrected chi connectivity index (χ3v) is 3.82. The van der Waals surface area contributed by atoms with Crippen molar-refractivity contribution in [2.45, 2.75) is 62.3 Å². The van der Waals surface area contributed by atoms with Gasteiger partial charge < -0.3 is 29.9 Å². The first-order valence-electron chi connectivity index (χ1n) is 6.54. The molecule has 0 aromatic heterocycles. The van der Waals surface area contributed by atoms with Crippen LogP contribution in [0.4, 0.5) is 0 Å². The van der Waals surface area contributed by atoms with E-state index < -0.39 is 12.2 Å². The highest BCUT2D eigenvalue weighted by Gasteiger charge is 2.40. The first-order chi connectivity index (χ1) is 8.65. The molecule has 6 atom stereocenters. The van der Waals surface area contributed by atoms with Gasteiger partial charge in [0.2, 0.25) is 0 Å². The van der Waals surface area contributed by atoms with Gasteiger partial charge in [-0.1, -0.05) is 0 Å². The van der Waals surface area contributed by atoms with E-state index in [1.807, 2.05) is 0 Å². The van der Waals surface area contributed by atoms with Gasteiger partial charge in [0.25, 0.3) is 0 Å². The Balaban J connectivity index is 1.81. The van der Waals surface area contributed by atoms with Crippen LogP contribution in [0.15, 0.2) is 0 Å². The third kappa shape index (κ3) is 3.01. The van der Waals surface area contributed by atoms with Crippen molar-refractivity contribution in [3.63, 3.8) is 0 Å². The lowest BCUT2D eigenvalue weighted by Gasteiger charge is -2.23. The van der Waals surface area contributed by atoms with Crippen molar-refractivity contribution in [3.05, 3.63) is 0 Å². The van der Waals surface area contributed by atoms with Crippen LogP contribution in [0, 0.1) is 0 Å². The highest BCUT2D eigenvalue weighted by atomic mass is 16.6. The molecule has 0 aromatic carbocycles. The predicted molar refractivity (Wildman–Crippen MR) is 62.0 cm³/mol. The van der Waals surface area contributed by atoms with Crippen LogP contribution in [0.25, 0.3) is 0 Å². The van der Waals surface area contributed by atoms with Gasteiger partial charge in [0, 0.05) is 0 Å². The normalized spacial score (nSPS) is 40.0. The van der Waals surface area contributed by atoms with Crippen molar-refractivity contribution in [2.75, 3.05) is 13.2 Å². The minimum atomic E-state index is -0.838. The Morgan fingerprint density at radius 2 is 1.17 bits per heavy atom. The molecule has 0 amide bonds. The van der Waals surface area contributed by atoms with Crippen LogP contribution in [0.5, 0.6) is 0 Å². The van der Waals surface area contributed by atoms with E-state index >= 15 is 0 Å². The molecule has 6 nitrogen and oxygen atoms in total. The second-order valence-corrected chi connectivity index (χ2v) is 5.08. The standard InChI is InChI=1S/C12H22O6/c13-5-7(15)9-1-3-11(17-9)12-4-2-10(18-12)8(16)6-14/h7-16H,1-6H2/t7-,8-,9+,10+,11+,12+/m0/s1. The van der Waals surface area contributed by atoms with Gasteiger partial charge in [-0.3, -0.25) is 0 Å². The van der Waals surface area contributed by atoms with Crippen LogP contribution < -0.4 is 0 Å². The van der Waals surface area contributed by atoms with Crippen molar-refractivity contribution in [1.82, 2.24) is 0 Å². The molecule has 0 unspecified atom stereocenters. The minimum Gasteiger partial charge on any atom is -0.394 e. The number of rotatable bonds is 5. The average Bonchev–Trinajstić information content (AvgIpc) is 3.04. The zero-order valence-electron chi connectivity index (χ0n) is 10.3. The molecule has 0 aliphatic carbocycles. The van der Waals surface area contributed by atoms with Gasteiger partial charge in [0.1, 0.15) is 12.2 Å². The summed E-state index contributed by atoms with van der Waals surface area (Å²) in [6.45, 7) is -0.594. The monoisotopic (exact) mass is 262 g/mol. The molecular formula is C12H22O6. The summed E-state index contributed by atoms with van der Waals surface area (Å²) in [4.78, 5) is 0. The van der Waals surface area contributed by atoms with Gasteiger partial charge in [-0.2, -0.15) is 0 Å². The zero-order valence-corrected chi connectivity index (χ0v) is 10.3. The summed E-state index contributed by atoms with van der Waals surface area (Å²) in [5, 5.41) is 36.8. The van der Waals surface area contributed by atoms with Gasteiger partial charge in [0.05, 0.1) is 37.6 Å². The lowest BCUT2D eigenvalue weighted by Crippen LogP contribution is -2.35. The fourth-order valence-electron chi connectivity index (χ4n) is 2.73. The third-order valence-electron chi connectivity index (χ3n) is 3.82. The number of hydrogen-bond donors (Lipinski definition) is 4. The zero-order chi connectivity index (χ0) is 13.1. The first-order valence-corrected chi connectivity index (χ1v) is 6.54. The molecular weight excluding hydrogens is 240 g/mol. The Labute approximate surface area is 106 Å². The van der Waals surface area contributed by atoms with Crippen LogP contribution in [-0.4, -0.2) is 70.3 Å². The SMILES string of the molecule is OC[C@H](O)[C@H]1CC[C@H]([C@H]2CC[C@H]([C@@H](O)CO)O2)O1. The first kappa shape index (κ1) is 14.2. The lowest BCUT2D eigenvalue weighted by atomic mass is 10.0. The van der Waals surface area contributed by atoms with E-state index in [0.29, 0.717) is 12.8 Å². The van der Waals surface area contributed by atoms with E-state index in [1.165, 1.54) is 0 Å². The summed E-state index contributed by atoms with van der Waals surface area (Å²) in [6, 6.07) is 0. The molecule has 106 valence electrons. The molecule has 6 heteroatoms. The maximum atomic E-state index is 9.51. The maximum absolute atomic E-state index is 9.51. The summed E-state index contributed by atoms with van der Waals surface area (Å²) in [5.41, 5.74) is 0. The Morgan fingerprint density at radius 1 is 0.778 bits per heavy atom. The second kappa shape index (κ2) is 6.27. The fraction of sp³-hybridized carbons (Fsp3) is 1.00.